The highest BCUT2D eigenvalue weighted by atomic mass is 127. The van der Waals surface area contributed by atoms with Crippen LogP contribution in [0.1, 0.15) is 12.0 Å². The van der Waals surface area contributed by atoms with Crippen molar-refractivity contribution in [2.75, 3.05) is 5.32 Å². The Balaban J connectivity index is 2.24. The number of rotatable bonds is 2. The van der Waals surface area contributed by atoms with E-state index in [-0.39, 0.29) is 16.5 Å². The van der Waals surface area contributed by atoms with Gasteiger partial charge in [0.15, 0.2) is 0 Å². The Morgan fingerprint density at radius 1 is 1.53 bits per heavy atom. The number of anilines is 1. The highest BCUT2D eigenvalue weighted by molar-refractivity contribution is 14.1. The Labute approximate surface area is 127 Å². The van der Waals surface area contributed by atoms with Crippen LogP contribution in [-0.2, 0) is 11.3 Å². The van der Waals surface area contributed by atoms with Gasteiger partial charge in [0.1, 0.15) is 0 Å². The number of hydrogen-bond acceptors (Lipinski definition) is 3. The molecule has 0 saturated carbocycles. The van der Waals surface area contributed by atoms with E-state index in [0.29, 0.717) is 0 Å². The first-order valence-corrected chi connectivity index (χ1v) is 7.53. The molecule has 6 heteroatoms. The quantitative estimate of drug-likeness (QED) is 0.362. The molecule has 2 rings (SSSR count). The fourth-order valence-corrected chi connectivity index (χ4v) is 3.02. The third kappa shape index (κ3) is 3.44. The predicted octanol–water partition coefficient (Wildman–Crippen LogP) is 2.41. The molecule has 0 radical (unpaired) electrons. The molecular weight excluding hydrogens is 446 g/mol. The Hall–Kier alpha value is -0.0900. The van der Waals surface area contributed by atoms with Crippen molar-refractivity contribution in [1.82, 2.24) is 5.32 Å². The molecule has 2 unspecified atom stereocenters. The first kappa shape index (κ1) is 13.3. The average molecular weight is 458 g/mol. The summed E-state index contributed by atoms with van der Waals surface area (Å²) < 4.78 is 1.29. The van der Waals surface area contributed by atoms with Crippen LogP contribution in [0.2, 0.25) is 0 Å². The molecule has 0 aliphatic carbocycles. The van der Waals surface area contributed by atoms with E-state index in [1.165, 1.54) is 9.13 Å². The molecule has 4 nitrogen and oxygen atoms in total. The second-order valence-electron chi connectivity index (χ2n) is 3.93. The third-order valence-electron chi connectivity index (χ3n) is 2.64. The molecule has 1 heterocycles. The molecule has 2 atom stereocenters. The second kappa shape index (κ2) is 5.70. The summed E-state index contributed by atoms with van der Waals surface area (Å²) in [6.45, 7) is 0.767. The van der Waals surface area contributed by atoms with Crippen LogP contribution in [0.15, 0.2) is 18.2 Å². The minimum atomic E-state index is -0.778. The number of nitrogens with one attached hydrogen (secondary N) is 2. The van der Waals surface area contributed by atoms with Crippen molar-refractivity contribution in [2.45, 2.75) is 23.1 Å². The van der Waals surface area contributed by atoms with Gasteiger partial charge in [-0.1, -0.05) is 22.6 Å². The van der Waals surface area contributed by atoms with Crippen LogP contribution in [0.25, 0.3) is 0 Å². The highest BCUT2D eigenvalue weighted by Gasteiger charge is 2.25. The van der Waals surface area contributed by atoms with Gasteiger partial charge in [-0.25, -0.2) is 0 Å². The number of halogens is 2. The zero-order valence-corrected chi connectivity index (χ0v) is 13.2. The minimum absolute atomic E-state index is 0.0885. The zero-order valence-electron chi connectivity index (χ0n) is 8.91. The average Bonchev–Trinajstić information content (AvgIpc) is 2.40. The number of fused-ring (bicyclic) bond motifs is 1. The van der Waals surface area contributed by atoms with Gasteiger partial charge in [0, 0.05) is 15.8 Å². The number of hydrogen-bond donors (Lipinski definition) is 3. The van der Waals surface area contributed by atoms with Crippen molar-refractivity contribution in [1.29, 1.82) is 0 Å². The van der Waals surface area contributed by atoms with Gasteiger partial charge in [-0.3, -0.25) is 10.1 Å². The normalized spacial score (nSPS) is 23.4. The summed E-state index contributed by atoms with van der Waals surface area (Å²) in [6.07, 6.45) is 0.117. The Bertz CT molecular complexity index is 439. The molecule has 1 aromatic carbocycles. The molecule has 1 aliphatic heterocycles. The first-order valence-electron chi connectivity index (χ1n) is 5.20. The summed E-state index contributed by atoms with van der Waals surface area (Å²) in [4.78, 5) is 10.8. The topological polar surface area (TPSA) is 61.4 Å². The van der Waals surface area contributed by atoms with Gasteiger partial charge in [-0.05, 0) is 46.4 Å². The van der Waals surface area contributed by atoms with E-state index in [4.69, 9.17) is 5.11 Å². The summed E-state index contributed by atoms with van der Waals surface area (Å²) in [5, 5.41) is 15.5. The maximum Gasteiger partial charge on any atom is 0.305 e. The van der Waals surface area contributed by atoms with Crippen molar-refractivity contribution in [3.05, 3.63) is 27.3 Å². The minimum Gasteiger partial charge on any atom is -0.481 e. The fraction of sp³-hybridized carbons (Fsp3) is 0.364. The molecule has 92 valence electrons. The standard InChI is InChI=1S/C11H12I2N2O2/c12-7-1-2-8-6(3-7)5-14-11(13)9(15-8)4-10(16)17/h1-3,9,11,14-15H,4-5H2,(H,16,17). The van der Waals surface area contributed by atoms with Crippen LogP contribution in [0, 0.1) is 3.57 Å². The Kier molecular flexibility index (Phi) is 4.47. The first-order chi connectivity index (χ1) is 8.06. The van der Waals surface area contributed by atoms with E-state index in [9.17, 15) is 4.79 Å². The summed E-state index contributed by atoms with van der Waals surface area (Å²) in [5.74, 6) is -0.778. The number of alkyl halides is 1. The van der Waals surface area contributed by atoms with Crippen LogP contribution in [0.4, 0.5) is 5.69 Å². The Morgan fingerprint density at radius 2 is 2.29 bits per heavy atom. The van der Waals surface area contributed by atoms with Crippen molar-refractivity contribution >= 4 is 56.8 Å². The van der Waals surface area contributed by atoms with Crippen molar-refractivity contribution in [3.8, 4) is 0 Å². The lowest BCUT2D eigenvalue weighted by Crippen LogP contribution is -2.38. The summed E-state index contributed by atoms with van der Waals surface area (Å²) in [6, 6.07) is 6.07. The Morgan fingerprint density at radius 3 is 3.00 bits per heavy atom. The molecule has 0 amide bonds. The summed E-state index contributed by atoms with van der Waals surface area (Å²) >= 11 is 4.52. The second-order valence-corrected chi connectivity index (χ2v) is 6.52. The molecule has 0 aromatic heterocycles. The number of aliphatic carboxylic acids is 1. The molecule has 0 saturated heterocycles. The van der Waals surface area contributed by atoms with Gasteiger partial charge >= 0.3 is 5.97 Å². The van der Waals surface area contributed by atoms with E-state index < -0.39 is 5.97 Å². The molecular formula is C11H12I2N2O2. The van der Waals surface area contributed by atoms with Gasteiger partial charge in [-0.2, -0.15) is 0 Å². The molecule has 0 fully saturated rings. The highest BCUT2D eigenvalue weighted by Crippen LogP contribution is 2.25. The predicted molar refractivity (Wildman–Crippen MR) is 83.5 cm³/mol. The van der Waals surface area contributed by atoms with Gasteiger partial charge in [0.2, 0.25) is 0 Å². The zero-order chi connectivity index (χ0) is 12.4. The maximum atomic E-state index is 10.8. The smallest absolute Gasteiger partial charge is 0.305 e. The maximum absolute atomic E-state index is 10.8. The molecule has 17 heavy (non-hydrogen) atoms. The van der Waals surface area contributed by atoms with Crippen LogP contribution in [-0.4, -0.2) is 21.2 Å². The van der Waals surface area contributed by atoms with Crippen LogP contribution < -0.4 is 10.6 Å². The largest absolute Gasteiger partial charge is 0.481 e. The number of carbonyl (C=O) groups is 1. The number of carboxylic acid groups (broad SMARTS) is 1. The SMILES string of the molecule is O=C(O)CC1Nc2ccc(I)cc2CNC1I. The van der Waals surface area contributed by atoms with E-state index in [1.807, 2.05) is 12.1 Å². The lowest BCUT2D eigenvalue weighted by molar-refractivity contribution is -0.137. The molecule has 0 spiro atoms. The van der Waals surface area contributed by atoms with E-state index in [0.717, 1.165) is 12.2 Å². The molecule has 1 aromatic rings. The van der Waals surface area contributed by atoms with E-state index >= 15 is 0 Å². The van der Waals surface area contributed by atoms with Crippen LogP contribution in [0.3, 0.4) is 0 Å². The summed E-state index contributed by atoms with van der Waals surface area (Å²) in [5.41, 5.74) is 2.22. The van der Waals surface area contributed by atoms with Crippen molar-refractivity contribution < 1.29 is 9.90 Å². The van der Waals surface area contributed by atoms with Gasteiger partial charge in [-0.15, -0.1) is 0 Å². The third-order valence-corrected chi connectivity index (χ3v) is 4.62. The number of carboxylic acids is 1. The van der Waals surface area contributed by atoms with Crippen molar-refractivity contribution in [3.63, 3.8) is 0 Å². The monoisotopic (exact) mass is 458 g/mol. The fourth-order valence-electron chi connectivity index (χ4n) is 1.81. The van der Waals surface area contributed by atoms with E-state index in [1.54, 1.807) is 0 Å². The van der Waals surface area contributed by atoms with E-state index in [2.05, 4.69) is 61.9 Å². The lowest BCUT2D eigenvalue weighted by atomic mass is 10.1. The van der Waals surface area contributed by atoms with Gasteiger partial charge in [0.25, 0.3) is 0 Å². The van der Waals surface area contributed by atoms with Crippen LogP contribution in [0.5, 0.6) is 0 Å². The molecule has 0 bridgehead atoms. The van der Waals surface area contributed by atoms with Gasteiger partial charge in [0.05, 0.1) is 16.5 Å². The van der Waals surface area contributed by atoms with Gasteiger partial charge < -0.3 is 10.4 Å². The molecule has 3 N–H and O–H groups in total. The number of benzene rings is 1. The van der Waals surface area contributed by atoms with Crippen LogP contribution >= 0.6 is 45.2 Å². The molecule has 1 aliphatic rings. The lowest BCUT2D eigenvalue weighted by Gasteiger charge is -2.20. The summed E-state index contributed by atoms with van der Waals surface area (Å²) in [7, 11) is 0. The van der Waals surface area contributed by atoms with Crippen molar-refractivity contribution in [2.24, 2.45) is 0 Å².